The molecule has 0 spiro atoms. The zero-order valence-electron chi connectivity index (χ0n) is 19.2. The molecule has 0 fully saturated rings. The molecule has 2 N–H and O–H groups in total. The fraction of sp³-hybridized carbons (Fsp3) is 0.0741. The number of fused-ring (bicyclic) bond motifs is 1. The van der Waals surface area contributed by atoms with E-state index in [1.165, 1.54) is 12.4 Å². The standard InChI is InChI=1S/C27H18F2N6O2/c28-23-5-3-18(11-24(23)29)15-35-16-30-14-22(27(35)37)26(36)32-8-1-2-17-4-6-25-21(10-17)20(7-9-31-25)19-12-33-34-13-19/h3-7,9-14,16H,8,15H2,(H,32,36)(H,33,34). The van der Waals surface area contributed by atoms with Gasteiger partial charge in [-0.2, -0.15) is 5.10 Å². The molecule has 0 saturated heterocycles. The topological polar surface area (TPSA) is 106 Å². The largest absolute Gasteiger partial charge is 0.341 e. The van der Waals surface area contributed by atoms with E-state index in [2.05, 4.69) is 37.3 Å². The molecule has 182 valence electrons. The van der Waals surface area contributed by atoms with Crippen LogP contribution in [-0.2, 0) is 6.54 Å². The Kier molecular flexibility index (Phi) is 6.50. The molecule has 0 bridgehead atoms. The number of pyridine rings is 1. The van der Waals surface area contributed by atoms with E-state index in [0.717, 1.165) is 50.5 Å². The second-order valence-electron chi connectivity index (χ2n) is 8.05. The van der Waals surface area contributed by atoms with Gasteiger partial charge < -0.3 is 5.32 Å². The van der Waals surface area contributed by atoms with E-state index in [9.17, 15) is 18.4 Å². The second kappa shape index (κ2) is 10.2. The number of hydrogen-bond acceptors (Lipinski definition) is 5. The number of rotatable bonds is 5. The summed E-state index contributed by atoms with van der Waals surface area (Å²) in [5, 5.41) is 10.3. The van der Waals surface area contributed by atoms with E-state index in [-0.39, 0.29) is 18.7 Å². The molecule has 5 aromatic rings. The minimum absolute atomic E-state index is 0.00396. The average Bonchev–Trinajstić information content (AvgIpc) is 3.44. The van der Waals surface area contributed by atoms with Crippen LogP contribution in [0.15, 0.2) is 78.4 Å². The molecule has 37 heavy (non-hydrogen) atoms. The maximum atomic E-state index is 13.5. The van der Waals surface area contributed by atoms with Gasteiger partial charge in [-0.3, -0.25) is 24.2 Å². The Bertz CT molecular complexity index is 1740. The molecule has 10 heteroatoms. The Morgan fingerprint density at radius 2 is 1.97 bits per heavy atom. The molecule has 0 radical (unpaired) electrons. The summed E-state index contributed by atoms with van der Waals surface area (Å²) in [6.07, 6.45) is 7.64. The monoisotopic (exact) mass is 496 g/mol. The lowest BCUT2D eigenvalue weighted by atomic mass is 10.0. The van der Waals surface area contributed by atoms with Gasteiger partial charge in [-0.1, -0.05) is 17.9 Å². The number of aromatic nitrogens is 5. The Morgan fingerprint density at radius 3 is 2.78 bits per heavy atom. The van der Waals surface area contributed by atoms with Gasteiger partial charge in [0.2, 0.25) is 0 Å². The van der Waals surface area contributed by atoms with Crippen LogP contribution in [0.25, 0.3) is 22.0 Å². The highest BCUT2D eigenvalue weighted by Gasteiger charge is 2.13. The van der Waals surface area contributed by atoms with Gasteiger partial charge in [-0.15, -0.1) is 0 Å². The summed E-state index contributed by atoms with van der Waals surface area (Å²) in [7, 11) is 0. The number of amides is 1. The zero-order chi connectivity index (χ0) is 25.8. The van der Waals surface area contributed by atoms with Crippen LogP contribution in [0.1, 0.15) is 21.5 Å². The number of benzene rings is 2. The summed E-state index contributed by atoms with van der Waals surface area (Å²) in [6.45, 7) is -0.0718. The smallest absolute Gasteiger partial charge is 0.266 e. The van der Waals surface area contributed by atoms with Crippen LogP contribution >= 0.6 is 0 Å². The van der Waals surface area contributed by atoms with E-state index in [1.54, 1.807) is 18.6 Å². The summed E-state index contributed by atoms with van der Waals surface area (Å²) in [5.74, 6) is 3.23. The van der Waals surface area contributed by atoms with Crippen LogP contribution in [0, 0.1) is 23.5 Å². The van der Waals surface area contributed by atoms with Gasteiger partial charge >= 0.3 is 0 Å². The Hall–Kier alpha value is -5.17. The molecule has 0 unspecified atom stereocenters. The van der Waals surface area contributed by atoms with Crippen molar-refractivity contribution in [3.8, 4) is 23.0 Å². The zero-order valence-corrected chi connectivity index (χ0v) is 19.2. The average molecular weight is 496 g/mol. The Balaban J connectivity index is 1.29. The summed E-state index contributed by atoms with van der Waals surface area (Å²) in [6, 6.07) is 10.8. The van der Waals surface area contributed by atoms with Gasteiger partial charge in [-0.25, -0.2) is 13.8 Å². The maximum absolute atomic E-state index is 13.5. The van der Waals surface area contributed by atoms with Gasteiger partial charge in [0.25, 0.3) is 11.5 Å². The third kappa shape index (κ3) is 5.11. The molecule has 3 aromatic heterocycles. The van der Waals surface area contributed by atoms with Crippen LogP contribution in [0.3, 0.4) is 0 Å². The minimum atomic E-state index is -1.02. The highest BCUT2D eigenvalue weighted by Crippen LogP contribution is 2.27. The number of carbonyl (C=O) groups is 1. The summed E-state index contributed by atoms with van der Waals surface area (Å²) < 4.78 is 27.8. The van der Waals surface area contributed by atoms with Gasteiger partial charge in [0, 0.05) is 35.1 Å². The van der Waals surface area contributed by atoms with E-state index in [4.69, 9.17) is 0 Å². The van der Waals surface area contributed by atoms with Crippen LogP contribution < -0.4 is 10.9 Å². The molecule has 0 aliphatic carbocycles. The molecule has 3 heterocycles. The predicted molar refractivity (Wildman–Crippen MR) is 132 cm³/mol. The maximum Gasteiger partial charge on any atom is 0.266 e. The predicted octanol–water partition coefficient (Wildman–Crippen LogP) is 3.29. The normalized spacial score (nSPS) is 10.6. The van der Waals surface area contributed by atoms with E-state index in [0.29, 0.717) is 5.56 Å². The Labute approximate surface area is 209 Å². The van der Waals surface area contributed by atoms with Gasteiger partial charge in [0.1, 0.15) is 5.56 Å². The molecular formula is C27H18F2N6O2. The first-order valence-electron chi connectivity index (χ1n) is 11.1. The summed E-state index contributed by atoms with van der Waals surface area (Å²) >= 11 is 0. The highest BCUT2D eigenvalue weighted by atomic mass is 19.2. The minimum Gasteiger partial charge on any atom is -0.341 e. The number of nitrogens with one attached hydrogen (secondary N) is 2. The van der Waals surface area contributed by atoms with Gasteiger partial charge in [0.05, 0.1) is 31.1 Å². The Morgan fingerprint density at radius 1 is 1.08 bits per heavy atom. The van der Waals surface area contributed by atoms with Crippen LogP contribution in [-0.4, -0.2) is 37.2 Å². The van der Waals surface area contributed by atoms with Crippen LogP contribution in [0.4, 0.5) is 8.78 Å². The molecule has 0 saturated carbocycles. The third-order valence-electron chi connectivity index (χ3n) is 5.60. The number of nitrogens with zero attached hydrogens (tertiary/aromatic N) is 4. The van der Waals surface area contributed by atoms with Crippen molar-refractivity contribution in [3.63, 3.8) is 0 Å². The molecule has 2 aromatic carbocycles. The van der Waals surface area contributed by atoms with Crippen molar-refractivity contribution in [2.45, 2.75) is 6.54 Å². The molecule has 1 amide bonds. The van der Waals surface area contributed by atoms with Crippen LogP contribution in [0.2, 0.25) is 0 Å². The summed E-state index contributed by atoms with van der Waals surface area (Å²) in [5.41, 5.74) is 2.99. The van der Waals surface area contributed by atoms with Crippen molar-refractivity contribution in [1.82, 2.24) is 30.0 Å². The highest BCUT2D eigenvalue weighted by molar-refractivity contribution is 5.95. The molecular weight excluding hydrogens is 478 g/mol. The lowest BCUT2D eigenvalue weighted by Gasteiger charge is -2.08. The van der Waals surface area contributed by atoms with Crippen molar-refractivity contribution >= 4 is 16.8 Å². The van der Waals surface area contributed by atoms with Gasteiger partial charge in [0.15, 0.2) is 11.6 Å². The van der Waals surface area contributed by atoms with Gasteiger partial charge in [-0.05, 0) is 47.5 Å². The lowest BCUT2D eigenvalue weighted by Crippen LogP contribution is -2.33. The first-order chi connectivity index (χ1) is 18.0. The second-order valence-corrected chi connectivity index (χ2v) is 8.05. The number of H-pyrrole nitrogens is 1. The lowest BCUT2D eigenvalue weighted by molar-refractivity contribution is 0.0956. The molecule has 0 aliphatic rings. The number of aromatic amines is 1. The van der Waals surface area contributed by atoms with Crippen molar-refractivity contribution in [2.75, 3.05) is 6.54 Å². The van der Waals surface area contributed by atoms with Crippen molar-refractivity contribution in [2.24, 2.45) is 0 Å². The van der Waals surface area contributed by atoms with E-state index < -0.39 is 23.1 Å². The third-order valence-corrected chi connectivity index (χ3v) is 5.60. The van der Waals surface area contributed by atoms with Crippen LogP contribution in [0.5, 0.6) is 0 Å². The summed E-state index contributed by atoms with van der Waals surface area (Å²) in [4.78, 5) is 33.6. The van der Waals surface area contributed by atoms with E-state index >= 15 is 0 Å². The van der Waals surface area contributed by atoms with Crippen molar-refractivity contribution < 1.29 is 13.6 Å². The SMILES string of the molecule is O=C(NCC#Cc1ccc2nccc(-c3cn[nH]c3)c2c1)c1cncn(Cc2ccc(F)c(F)c2)c1=O. The first-order valence-corrected chi connectivity index (χ1v) is 11.1. The fourth-order valence-corrected chi connectivity index (χ4v) is 3.79. The quantitative estimate of drug-likeness (QED) is 0.364. The fourth-order valence-electron chi connectivity index (χ4n) is 3.79. The van der Waals surface area contributed by atoms with Crippen molar-refractivity contribution in [1.29, 1.82) is 0 Å². The molecule has 0 aliphatic heterocycles. The van der Waals surface area contributed by atoms with Crippen molar-refractivity contribution in [3.05, 3.63) is 112 Å². The number of hydrogen-bond donors (Lipinski definition) is 2. The molecule has 8 nitrogen and oxygen atoms in total. The molecule has 0 atom stereocenters. The molecule has 5 rings (SSSR count). The van der Waals surface area contributed by atoms with E-state index in [1.807, 2.05) is 24.3 Å². The number of carbonyl (C=O) groups excluding carboxylic acids is 1. The first kappa shape index (κ1) is 23.6. The number of halogens is 2.